The summed E-state index contributed by atoms with van der Waals surface area (Å²) in [6, 6.07) is 5.47. The van der Waals surface area contributed by atoms with Crippen LogP contribution in [0.2, 0.25) is 0 Å². The van der Waals surface area contributed by atoms with E-state index in [9.17, 15) is 4.79 Å². The van der Waals surface area contributed by atoms with Gasteiger partial charge in [-0.1, -0.05) is 31.7 Å². The van der Waals surface area contributed by atoms with Gasteiger partial charge in [-0.2, -0.15) is 0 Å². The molecule has 0 heterocycles. The van der Waals surface area contributed by atoms with Crippen LogP contribution in [0, 0.1) is 6.92 Å². The number of benzene rings is 1. The largest absolute Gasteiger partial charge is 0.375 e. The zero-order valence-electron chi connectivity index (χ0n) is 12.9. The fourth-order valence-electron chi connectivity index (χ4n) is 2.95. The molecular formula is C17H26N2O2. The van der Waals surface area contributed by atoms with Crippen molar-refractivity contribution in [1.82, 2.24) is 0 Å². The highest BCUT2D eigenvalue weighted by Crippen LogP contribution is 2.25. The first-order valence-corrected chi connectivity index (χ1v) is 7.76. The van der Waals surface area contributed by atoms with Gasteiger partial charge in [0.2, 0.25) is 5.91 Å². The van der Waals surface area contributed by atoms with E-state index in [2.05, 4.69) is 0 Å². The highest BCUT2D eigenvalue weighted by Gasteiger charge is 2.26. The lowest BCUT2D eigenvalue weighted by molar-refractivity contribution is 0.0664. The van der Waals surface area contributed by atoms with Crippen molar-refractivity contribution in [3.05, 3.63) is 34.9 Å². The van der Waals surface area contributed by atoms with Crippen LogP contribution in [-0.2, 0) is 11.3 Å². The minimum Gasteiger partial charge on any atom is -0.375 e. The quantitative estimate of drug-likeness (QED) is 0.818. The number of rotatable bonds is 5. The molecule has 116 valence electrons. The lowest BCUT2D eigenvalue weighted by Gasteiger charge is -2.27. The number of amides is 1. The van der Waals surface area contributed by atoms with E-state index in [4.69, 9.17) is 16.2 Å². The van der Waals surface area contributed by atoms with Gasteiger partial charge < -0.3 is 16.2 Å². The SMILES string of the molecule is Cc1cc(C(N)=O)ccc1COCC1(N)CCCCCC1. The summed E-state index contributed by atoms with van der Waals surface area (Å²) in [6.07, 6.45) is 7.07. The number of carbonyl (C=O) groups excluding carboxylic acids is 1. The van der Waals surface area contributed by atoms with Gasteiger partial charge in [0.15, 0.2) is 0 Å². The van der Waals surface area contributed by atoms with Gasteiger partial charge in [0.1, 0.15) is 0 Å². The van der Waals surface area contributed by atoms with Crippen LogP contribution in [0.3, 0.4) is 0 Å². The van der Waals surface area contributed by atoms with Crippen molar-refractivity contribution < 1.29 is 9.53 Å². The van der Waals surface area contributed by atoms with Crippen LogP contribution in [0.15, 0.2) is 18.2 Å². The van der Waals surface area contributed by atoms with Crippen molar-refractivity contribution in [2.24, 2.45) is 11.5 Å². The average Bonchev–Trinajstić information content (AvgIpc) is 2.65. The zero-order valence-corrected chi connectivity index (χ0v) is 12.9. The molecule has 0 unspecified atom stereocenters. The number of nitrogens with two attached hydrogens (primary N) is 2. The minimum atomic E-state index is -0.398. The molecule has 4 N–H and O–H groups in total. The first-order valence-electron chi connectivity index (χ1n) is 7.76. The van der Waals surface area contributed by atoms with Crippen molar-refractivity contribution in [3.8, 4) is 0 Å². The molecule has 4 nitrogen and oxygen atoms in total. The Kier molecular flexibility index (Phi) is 5.37. The monoisotopic (exact) mass is 290 g/mol. The van der Waals surface area contributed by atoms with Crippen LogP contribution in [0.4, 0.5) is 0 Å². The smallest absolute Gasteiger partial charge is 0.248 e. The molecule has 21 heavy (non-hydrogen) atoms. The third-order valence-corrected chi connectivity index (χ3v) is 4.37. The Morgan fingerprint density at radius 3 is 2.48 bits per heavy atom. The number of primary amides is 1. The van der Waals surface area contributed by atoms with Crippen LogP contribution < -0.4 is 11.5 Å². The highest BCUT2D eigenvalue weighted by atomic mass is 16.5. The molecule has 2 rings (SSSR count). The van der Waals surface area contributed by atoms with Gasteiger partial charge in [-0.05, 0) is 43.0 Å². The molecule has 0 saturated heterocycles. The zero-order chi connectivity index (χ0) is 15.3. The van der Waals surface area contributed by atoms with Gasteiger partial charge in [0, 0.05) is 11.1 Å². The summed E-state index contributed by atoms with van der Waals surface area (Å²) in [6.45, 7) is 3.10. The first kappa shape index (κ1) is 16.0. The van der Waals surface area contributed by atoms with Crippen LogP contribution in [0.5, 0.6) is 0 Å². The fraction of sp³-hybridized carbons (Fsp3) is 0.588. The molecule has 1 aliphatic carbocycles. The maximum absolute atomic E-state index is 11.1. The van der Waals surface area contributed by atoms with E-state index in [0.717, 1.165) is 24.0 Å². The number of hydrogen-bond donors (Lipinski definition) is 2. The van der Waals surface area contributed by atoms with E-state index in [1.807, 2.05) is 19.1 Å². The molecule has 1 fully saturated rings. The van der Waals surface area contributed by atoms with Gasteiger partial charge in [0.25, 0.3) is 0 Å². The van der Waals surface area contributed by atoms with Crippen molar-refractivity contribution in [2.45, 2.75) is 57.6 Å². The third kappa shape index (κ3) is 4.55. The fourth-order valence-corrected chi connectivity index (χ4v) is 2.95. The number of carbonyl (C=O) groups is 1. The second-order valence-corrected chi connectivity index (χ2v) is 6.27. The second kappa shape index (κ2) is 7.05. The molecule has 1 amide bonds. The van der Waals surface area contributed by atoms with Gasteiger partial charge >= 0.3 is 0 Å². The predicted molar refractivity (Wildman–Crippen MR) is 84.0 cm³/mol. The number of ether oxygens (including phenoxy) is 1. The van der Waals surface area contributed by atoms with Crippen LogP contribution in [-0.4, -0.2) is 18.1 Å². The second-order valence-electron chi connectivity index (χ2n) is 6.27. The molecular weight excluding hydrogens is 264 g/mol. The van der Waals surface area contributed by atoms with Crippen molar-refractivity contribution in [3.63, 3.8) is 0 Å². The average molecular weight is 290 g/mol. The molecule has 0 spiro atoms. The molecule has 0 radical (unpaired) electrons. The topological polar surface area (TPSA) is 78.3 Å². The van der Waals surface area contributed by atoms with Gasteiger partial charge in [-0.25, -0.2) is 0 Å². The standard InChI is InChI=1S/C17H26N2O2/c1-13-10-14(16(18)20)6-7-15(13)11-21-12-17(19)8-4-2-3-5-9-17/h6-7,10H,2-5,8-9,11-12,19H2,1H3,(H2,18,20). The van der Waals surface area contributed by atoms with E-state index in [-0.39, 0.29) is 5.54 Å². The maximum atomic E-state index is 11.1. The molecule has 1 aromatic rings. The molecule has 4 heteroatoms. The summed E-state index contributed by atoms with van der Waals surface area (Å²) in [7, 11) is 0. The van der Waals surface area contributed by atoms with Crippen molar-refractivity contribution >= 4 is 5.91 Å². The summed E-state index contributed by atoms with van der Waals surface area (Å²) < 4.78 is 5.86. The van der Waals surface area contributed by atoms with Crippen LogP contribution in [0.25, 0.3) is 0 Å². The molecule has 0 bridgehead atoms. The lowest BCUT2D eigenvalue weighted by Crippen LogP contribution is -2.43. The molecule has 1 aliphatic rings. The van der Waals surface area contributed by atoms with E-state index in [1.54, 1.807) is 6.07 Å². The molecule has 1 aromatic carbocycles. The first-order chi connectivity index (χ1) is 10.0. The normalized spacial score (nSPS) is 18.2. The van der Waals surface area contributed by atoms with Crippen molar-refractivity contribution in [1.29, 1.82) is 0 Å². The molecule has 0 aliphatic heterocycles. The summed E-state index contributed by atoms with van der Waals surface area (Å²) >= 11 is 0. The molecule has 0 aromatic heterocycles. The summed E-state index contributed by atoms with van der Waals surface area (Å²) in [5.41, 5.74) is 14.2. The van der Waals surface area contributed by atoms with Gasteiger partial charge in [-0.3, -0.25) is 4.79 Å². The maximum Gasteiger partial charge on any atom is 0.248 e. The summed E-state index contributed by atoms with van der Waals surface area (Å²) in [5, 5.41) is 0. The Morgan fingerprint density at radius 1 is 1.24 bits per heavy atom. The van der Waals surface area contributed by atoms with E-state index in [1.165, 1.54) is 25.7 Å². The van der Waals surface area contributed by atoms with Crippen molar-refractivity contribution in [2.75, 3.05) is 6.61 Å². The molecule has 0 atom stereocenters. The summed E-state index contributed by atoms with van der Waals surface area (Å²) in [5.74, 6) is -0.398. The van der Waals surface area contributed by atoms with E-state index >= 15 is 0 Å². The Bertz CT molecular complexity index is 492. The Balaban J connectivity index is 1.89. The minimum absolute atomic E-state index is 0.169. The third-order valence-electron chi connectivity index (χ3n) is 4.37. The predicted octanol–water partition coefficient (Wildman–Crippen LogP) is 2.66. The highest BCUT2D eigenvalue weighted by molar-refractivity contribution is 5.93. The van der Waals surface area contributed by atoms with E-state index in [0.29, 0.717) is 18.8 Å². The number of hydrogen-bond acceptors (Lipinski definition) is 3. The lowest BCUT2D eigenvalue weighted by atomic mass is 9.92. The van der Waals surface area contributed by atoms with Gasteiger partial charge in [-0.15, -0.1) is 0 Å². The van der Waals surface area contributed by atoms with E-state index < -0.39 is 5.91 Å². The van der Waals surface area contributed by atoms with Crippen LogP contribution in [0.1, 0.15) is 60.0 Å². The Hall–Kier alpha value is -1.39. The Labute approximate surface area is 126 Å². The number of aryl methyl sites for hydroxylation is 1. The summed E-state index contributed by atoms with van der Waals surface area (Å²) in [4.78, 5) is 11.1. The van der Waals surface area contributed by atoms with Gasteiger partial charge in [0.05, 0.1) is 13.2 Å². The van der Waals surface area contributed by atoms with Crippen LogP contribution >= 0.6 is 0 Å². The molecule has 1 saturated carbocycles. The Morgan fingerprint density at radius 2 is 1.90 bits per heavy atom.